The quantitative estimate of drug-likeness (QED) is 0.634. The lowest BCUT2D eigenvalue weighted by Gasteiger charge is -2.13. The van der Waals surface area contributed by atoms with E-state index in [1.807, 2.05) is 0 Å². The Balaban J connectivity index is 2.21. The molecule has 1 heterocycles. The van der Waals surface area contributed by atoms with Crippen LogP contribution >= 0.6 is 0 Å². The standard InChI is InChI=1S/C10H20N2O4S/c1-17(14,15)5-3-9(11)10(13)12-6-8-2-4-16-7-8/h8-9H,2-7,11H2,1H3,(H,12,13). The van der Waals surface area contributed by atoms with Crippen LogP contribution in [0.4, 0.5) is 0 Å². The molecule has 17 heavy (non-hydrogen) atoms. The molecule has 1 amide bonds. The summed E-state index contributed by atoms with van der Waals surface area (Å²) in [7, 11) is -3.06. The van der Waals surface area contributed by atoms with Crippen LogP contribution in [0, 0.1) is 5.92 Å². The van der Waals surface area contributed by atoms with E-state index in [4.69, 9.17) is 10.5 Å². The van der Waals surface area contributed by atoms with Crippen LogP contribution in [0.1, 0.15) is 12.8 Å². The van der Waals surface area contributed by atoms with Crippen molar-refractivity contribution >= 4 is 15.7 Å². The van der Waals surface area contributed by atoms with Gasteiger partial charge in [0.15, 0.2) is 0 Å². The second-order valence-corrected chi connectivity index (χ2v) is 6.76. The van der Waals surface area contributed by atoms with Crippen molar-refractivity contribution in [2.75, 3.05) is 31.8 Å². The molecule has 1 rings (SSSR count). The number of nitrogens with one attached hydrogen (secondary N) is 1. The number of carbonyl (C=O) groups is 1. The molecular formula is C10H20N2O4S. The van der Waals surface area contributed by atoms with Crippen molar-refractivity contribution in [3.05, 3.63) is 0 Å². The maximum absolute atomic E-state index is 11.5. The molecule has 0 radical (unpaired) electrons. The van der Waals surface area contributed by atoms with E-state index in [0.717, 1.165) is 19.3 Å². The van der Waals surface area contributed by atoms with Crippen LogP contribution in [-0.4, -0.2) is 52.1 Å². The molecular weight excluding hydrogens is 244 g/mol. The number of ether oxygens (including phenoxy) is 1. The molecule has 0 aromatic rings. The molecule has 1 aliphatic rings. The molecule has 0 aliphatic carbocycles. The van der Waals surface area contributed by atoms with Crippen LogP contribution in [0.25, 0.3) is 0 Å². The number of amides is 1. The van der Waals surface area contributed by atoms with Crippen LogP contribution < -0.4 is 11.1 Å². The normalized spacial score (nSPS) is 22.4. The smallest absolute Gasteiger partial charge is 0.236 e. The Morgan fingerprint density at radius 3 is 2.82 bits per heavy atom. The van der Waals surface area contributed by atoms with Gasteiger partial charge in [0, 0.05) is 25.3 Å². The molecule has 7 heteroatoms. The average molecular weight is 264 g/mol. The van der Waals surface area contributed by atoms with Gasteiger partial charge < -0.3 is 15.8 Å². The molecule has 1 fully saturated rings. The molecule has 2 unspecified atom stereocenters. The summed E-state index contributed by atoms with van der Waals surface area (Å²) >= 11 is 0. The molecule has 6 nitrogen and oxygen atoms in total. The number of carbonyl (C=O) groups excluding carboxylic acids is 1. The molecule has 1 aliphatic heterocycles. The van der Waals surface area contributed by atoms with Crippen LogP contribution in [0.15, 0.2) is 0 Å². The Bertz CT molecular complexity index is 349. The van der Waals surface area contributed by atoms with Crippen molar-refractivity contribution < 1.29 is 17.9 Å². The van der Waals surface area contributed by atoms with Gasteiger partial charge in [0.05, 0.1) is 18.4 Å². The summed E-state index contributed by atoms with van der Waals surface area (Å²) in [6.45, 7) is 1.95. The third-order valence-electron chi connectivity index (χ3n) is 2.73. The predicted octanol–water partition coefficient (Wildman–Crippen LogP) is -1.10. The van der Waals surface area contributed by atoms with Crippen molar-refractivity contribution in [2.24, 2.45) is 11.7 Å². The topological polar surface area (TPSA) is 98.5 Å². The molecule has 1 saturated heterocycles. The lowest BCUT2D eigenvalue weighted by Crippen LogP contribution is -2.43. The van der Waals surface area contributed by atoms with E-state index in [2.05, 4.69) is 5.32 Å². The van der Waals surface area contributed by atoms with Gasteiger partial charge in [-0.25, -0.2) is 8.42 Å². The lowest BCUT2D eigenvalue weighted by atomic mass is 10.1. The van der Waals surface area contributed by atoms with Gasteiger partial charge in [0.25, 0.3) is 0 Å². The average Bonchev–Trinajstić information content (AvgIpc) is 2.74. The Kier molecular flexibility index (Phi) is 5.35. The molecule has 0 spiro atoms. The first-order chi connectivity index (χ1) is 7.88. The molecule has 100 valence electrons. The van der Waals surface area contributed by atoms with Crippen molar-refractivity contribution in [3.8, 4) is 0 Å². The zero-order valence-corrected chi connectivity index (χ0v) is 10.8. The number of hydrogen-bond acceptors (Lipinski definition) is 5. The van der Waals surface area contributed by atoms with Gasteiger partial charge in [-0.05, 0) is 12.8 Å². The summed E-state index contributed by atoms with van der Waals surface area (Å²) in [5, 5.41) is 2.72. The van der Waals surface area contributed by atoms with Crippen molar-refractivity contribution in [2.45, 2.75) is 18.9 Å². The Labute approximate surface area is 102 Å². The van der Waals surface area contributed by atoms with E-state index in [0.29, 0.717) is 19.1 Å². The summed E-state index contributed by atoms with van der Waals surface area (Å²) in [6, 6.07) is -0.757. The Hall–Kier alpha value is -0.660. The summed E-state index contributed by atoms with van der Waals surface area (Å²) in [6.07, 6.45) is 2.23. The zero-order valence-electron chi connectivity index (χ0n) is 10.0. The van der Waals surface area contributed by atoms with E-state index in [-0.39, 0.29) is 18.1 Å². The molecule has 0 aromatic heterocycles. The summed E-state index contributed by atoms with van der Waals surface area (Å²) < 4.78 is 27.0. The fourth-order valence-electron chi connectivity index (χ4n) is 1.59. The maximum atomic E-state index is 11.5. The molecule has 2 atom stereocenters. The van der Waals surface area contributed by atoms with Crippen molar-refractivity contribution in [1.29, 1.82) is 0 Å². The fourth-order valence-corrected chi connectivity index (χ4v) is 2.27. The van der Waals surface area contributed by atoms with Gasteiger partial charge in [-0.2, -0.15) is 0 Å². The maximum Gasteiger partial charge on any atom is 0.236 e. The largest absolute Gasteiger partial charge is 0.381 e. The van der Waals surface area contributed by atoms with E-state index >= 15 is 0 Å². The first-order valence-electron chi connectivity index (χ1n) is 5.67. The van der Waals surface area contributed by atoms with Gasteiger partial charge in [-0.15, -0.1) is 0 Å². The van der Waals surface area contributed by atoms with Crippen LogP contribution in [0.2, 0.25) is 0 Å². The third kappa shape index (κ3) is 5.99. The SMILES string of the molecule is CS(=O)(=O)CCC(N)C(=O)NCC1CCOC1. The second kappa shape index (κ2) is 6.32. The van der Waals surface area contributed by atoms with E-state index in [1.54, 1.807) is 0 Å². The van der Waals surface area contributed by atoms with Gasteiger partial charge >= 0.3 is 0 Å². The molecule has 3 N–H and O–H groups in total. The van der Waals surface area contributed by atoms with Gasteiger partial charge in [0.1, 0.15) is 9.84 Å². The highest BCUT2D eigenvalue weighted by Gasteiger charge is 2.19. The van der Waals surface area contributed by atoms with Gasteiger partial charge in [0.2, 0.25) is 5.91 Å². The number of nitrogens with two attached hydrogens (primary N) is 1. The monoisotopic (exact) mass is 264 g/mol. The van der Waals surface area contributed by atoms with Crippen LogP contribution in [0.5, 0.6) is 0 Å². The first-order valence-corrected chi connectivity index (χ1v) is 7.73. The number of sulfone groups is 1. The minimum atomic E-state index is -3.06. The highest BCUT2D eigenvalue weighted by Crippen LogP contribution is 2.10. The molecule has 0 bridgehead atoms. The molecule has 0 aromatic carbocycles. The van der Waals surface area contributed by atoms with Crippen LogP contribution in [-0.2, 0) is 19.4 Å². The number of rotatable bonds is 6. The van der Waals surface area contributed by atoms with E-state index in [9.17, 15) is 13.2 Å². The van der Waals surface area contributed by atoms with E-state index < -0.39 is 15.9 Å². The fraction of sp³-hybridized carbons (Fsp3) is 0.900. The third-order valence-corrected chi connectivity index (χ3v) is 3.70. The Morgan fingerprint density at radius 2 is 2.29 bits per heavy atom. The predicted molar refractivity (Wildman–Crippen MR) is 64.2 cm³/mol. The number of hydrogen-bond donors (Lipinski definition) is 2. The van der Waals surface area contributed by atoms with Crippen molar-refractivity contribution in [3.63, 3.8) is 0 Å². The highest BCUT2D eigenvalue weighted by atomic mass is 32.2. The summed E-state index contributed by atoms with van der Waals surface area (Å²) in [5.41, 5.74) is 5.60. The Morgan fingerprint density at radius 1 is 1.59 bits per heavy atom. The lowest BCUT2D eigenvalue weighted by molar-refractivity contribution is -0.122. The zero-order chi connectivity index (χ0) is 12.9. The van der Waals surface area contributed by atoms with Gasteiger partial charge in [-0.3, -0.25) is 4.79 Å². The molecule has 0 saturated carbocycles. The van der Waals surface area contributed by atoms with Crippen LogP contribution in [0.3, 0.4) is 0 Å². The van der Waals surface area contributed by atoms with Crippen molar-refractivity contribution in [1.82, 2.24) is 5.32 Å². The second-order valence-electron chi connectivity index (χ2n) is 4.50. The summed E-state index contributed by atoms with van der Waals surface area (Å²) in [5.74, 6) is -0.00434. The minimum Gasteiger partial charge on any atom is -0.381 e. The minimum absolute atomic E-state index is 0.0614. The first kappa shape index (κ1) is 14.4. The van der Waals surface area contributed by atoms with Gasteiger partial charge in [-0.1, -0.05) is 0 Å². The van der Waals surface area contributed by atoms with E-state index in [1.165, 1.54) is 0 Å². The highest BCUT2D eigenvalue weighted by molar-refractivity contribution is 7.90. The summed E-state index contributed by atoms with van der Waals surface area (Å²) in [4.78, 5) is 11.5.